The number of nitrogens with two attached hydrogens (primary N) is 1. The Balaban J connectivity index is 2.78. The van der Waals surface area contributed by atoms with Crippen LogP contribution in [0.2, 0.25) is 0 Å². The van der Waals surface area contributed by atoms with Crippen LogP contribution in [0.25, 0.3) is 0 Å². The van der Waals surface area contributed by atoms with Crippen LogP contribution in [0.1, 0.15) is 65.7 Å². The molecular formula is C20H40BN5O4. The van der Waals surface area contributed by atoms with E-state index in [1.807, 2.05) is 13.8 Å². The highest BCUT2D eigenvalue weighted by atomic mass is 16.4. The lowest BCUT2D eigenvalue weighted by molar-refractivity contribution is -0.133. The van der Waals surface area contributed by atoms with Crippen molar-refractivity contribution in [1.29, 1.82) is 0 Å². The highest BCUT2D eigenvalue weighted by Gasteiger charge is 2.33. The summed E-state index contributed by atoms with van der Waals surface area (Å²) >= 11 is 0. The molecule has 10 heteroatoms. The summed E-state index contributed by atoms with van der Waals surface area (Å²) in [6.07, 6.45) is 5.41. The molecule has 0 bridgehead atoms. The first kappa shape index (κ1) is 26.2. The molecule has 0 heterocycles. The van der Waals surface area contributed by atoms with Gasteiger partial charge >= 0.3 is 7.12 Å². The Morgan fingerprint density at radius 3 is 2.43 bits per heavy atom. The molecule has 0 saturated heterocycles. The summed E-state index contributed by atoms with van der Waals surface area (Å²) in [6.45, 7) is 6.48. The lowest BCUT2D eigenvalue weighted by Gasteiger charge is -2.30. The first-order valence-corrected chi connectivity index (χ1v) is 11.1. The average Bonchev–Trinajstić information content (AvgIpc) is 2.69. The number of hydrogen-bond acceptors (Lipinski definition) is 5. The van der Waals surface area contributed by atoms with E-state index in [4.69, 9.17) is 5.73 Å². The maximum Gasteiger partial charge on any atom is 0.475 e. The molecule has 1 rings (SSSR count). The van der Waals surface area contributed by atoms with Gasteiger partial charge in [0.05, 0.1) is 5.94 Å². The number of nitrogens with one attached hydrogen (secondary N) is 3. The smallest absolute Gasteiger partial charge is 0.426 e. The fourth-order valence-corrected chi connectivity index (χ4v) is 3.90. The van der Waals surface area contributed by atoms with E-state index in [2.05, 4.69) is 27.9 Å². The van der Waals surface area contributed by atoms with Crippen molar-refractivity contribution in [3.05, 3.63) is 0 Å². The zero-order chi connectivity index (χ0) is 22.7. The molecule has 9 nitrogen and oxygen atoms in total. The van der Waals surface area contributed by atoms with Gasteiger partial charge in [-0.25, -0.2) is 0 Å². The predicted molar refractivity (Wildman–Crippen MR) is 119 cm³/mol. The van der Waals surface area contributed by atoms with Crippen molar-refractivity contribution in [2.24, 2.45) is 28.5 Å². The molecule has 0 aromatic carbocycles. The molecule has 1 aliphatic carbocycles. The Morgan fingerprint density at radius 2 is 1.87 bits per heavy atom. The number of nitrogens with zero attached hydrogens (tertiary/aromatic N) is 1. The molecular weight excluding hydrogens is 385 g/mol. The SMILES string of the molecule is CN=C(N)NCCC[C@H](NC(=O)C1CCCCC1C)C(=O)N[C@@H](CC(C)C)B(O)O. The van der Waals surface area contributed by atoms with Crippen molar-refractivity contribution < 1.29 is 19.6 Å². The van der Waals surface area contributed by atoms with Crippen LogP contribution in [0.3, 0.4) is 0 Å². The van der Waals surface area contributed by atoms with E-state index in [1.54, 1.807) is 7.05 Å². The minimum atomic E-state index is -1.66. The minimum absolute atomic E-state index is 0.0927. The van der Waals surface area contributed by atoms with E-state index in [1.165, 1.54) is 0 Å². The summed E-state index contributed by atoms with van der Waals surface area (Å²) in [7, 11) is -0.0764. The van der Waals surface area contributed by atoms with E-state index < -0.39 is 25.0 Å². The largest absolute Gasteiger partial charge is 0.475 e. The summed E-state index contributed by atoms with van der Waals surface area (Å²) in [4.78, 5) is 29.6. The van der Waals surface area contributed by atoms with Crippen LogP contribution in [0.5, 0.6) is 0 Å². The highest BCUT2D eigenvalue weighted by Crippen LogP contribution is 2.29. The lowest BCUT2D eigenvalue weighted by Crippen LogP contribution is -2.55. The predicted octanol–water partition coefficient (Wildman–Crippen LogP) is 0.155. The Kier molecular flexibility index (Phi) is 11.8. The maximum atomic E-state index is 12.9. The van der Waals surface area contributed by atoms with E-state index >= 15 is 0 Å². The molecule has 1 aliphatic rings. The number of guanidine groups is 1. The molecule has 0 spiro atoms. The van der Waals surface area contributed by atoms with E-state index in [9.17, 15) is 19.6 Å². The summed E-state index contributed by atoms with van der Waals surface area (Å²) in [6, 6.07) is -0.748. The summed E-state index contributed by atoms with van der Waals surface area (Å²) < 4.78 is 0. The molecule has 172 valence electrons. The van der Waals surface area contributed by atoms with Gasteiger partial charge in [0.1, 0.15) is 6.04 Å². The molecule has 4 atom stereocenters. The Bertz CT molecular complexity index is 573. The third-order valence-corrected chi connectivity index (χ3v) is 5.71. The molecule has 0 radical (unpaired) electrons. The van der Waals surface area contributed by atoms with Crippen molar-refractivity contribution in [2.75, 3.05) is 13.6 Å². The van der Waals surface area contributed by atoms with Gasteiger partial charge in [0, 0.05) is 19.5 Å². The maximum absolute atomic E-state index is 12.9. The number of amides is 2. The molecule has 0 aromatic heterocycles. The Morgan fingerprint density at radius 1 is 1.20 bits per heavy atom. The van der Waals surface area contributed by atoms with Crippen molar-refractivity contribution in [3.8, 4) is 0 Å². The third kappa shape index (κ3) is 9.34. The number of carbonyl (C=O) groups is 2. The highest BCUT2D eigenvalue weighted by molar-refractivity contribution is 6.43. The normalized spacial score (nSPS) is 21.6. The summed E-state index contributed by atoms with van der Waals surface area (Å²) in [5, 5.41) is 27.8. The monoisotopic (exact) mass is 425 g/mol. The minimum Gasteiger partial charge on any atom is -0.426 e. The van der Waals surface area contributed by atoms with Crippen molar-refractivity contribution in [2.45, 2.75) is 77.7 Å². The van der Waals surface area contributed by atoms with Crippen molar-refractivity contribution in [3.63, 3.8) is 0 Å². The van der Waals surface area contributed by atoms with E-state index in [0.29, 0.717) is 31.8 Å². The second-order valence-electron chi connectivity index (χ2n) is 8.77. The zero-order valence-electron chi connectivity index (χ0n) is 18.9. The van der Waals surface area contributed by atoms with Crippen LogP contribution in [0, 0.1) is 17.8 Å². The van der Waals surface area contributed by atoms with Crippen molar-refractivity contribution in [1.82, 2.24) is 16.0 Å². The van der Waals surface area contributed by atoms with Gasteiger partial charge in [-0.3, -0.25) is 14.6 Å². The first-order chi connectivity index (χ1) is 14.1. The van der Waals surface area contributed by atoms with E-state index in [0.717, 1.165) is 25.7 Å². The van der Waals surface area contributed by atoms with Gasteiger partial charge in [-0.05, 0) is 43.9 Å². The molecule has 2 amide bonds. The van der Waals surface area contributed by atoms with Crippen LogP contribution in [0.15, 0.2) is 4.99 Å². The fraction of sp³-hybridized carbons (Fsp3) is 0.850. The van der Waals surface area contributed by atoms with Crippen molar-refractivity contribution >= 4 is 24.9 Å². The van der Waals surface area contributed by atoms with Crippen LogP contribution in [-0.2, 0) is 9.59 Å². The first-order valence-electron chi connectivity index (χ1n) is 11.1. The van der Waals surface area contributed by atoms with Crippen LogP contribution in [0.4, 0.5) is 0 Å². The number of hydrogen-bond donors (Lipinski definition) is 6. The molecule has 0 aromatic rings. The third-order valence-electron chi connectivity index (χ3n) is 5.71. The van der Waals surface area contributed by atoms with Crippen LogP contribution >= 0.6 is 0 Å². The summed E-state index contributed by atoms with van der Waals surface area (Å²) in [5.41, 5.74) is 5.62. The standard InChI is InChI=1S/C20H40BN5O4/c1-13(2)12-17(21(29)30)26-19(28)16(10-7-11-24-20(22)23-4)25-18(27)15-9-6-5-8-14(15)3/h13-17,29-30H,5-12H2,1-4H3,(H,25,27)(H,26,28)(H3,22,23,24)/t14?,15?,16-,17-/m0/s1. The van der Waals surface area contributed by atoms with Crippen LogP contribution in [-0.4, -0.2) is 60.5 Å². The zero-order valence-corrected chi connectivity index (χ0v) is 18.9. The number of aliphatic imine (C=N–C) groups is 1. The van der Waals surface area contributed by atoms with E-state index in [-0.39, 0.29) is 23.7 Å². The molecule has 1 saturated carbocycles. The van der Waals surface area contributed by atoms with Gasteiger partial charge < -0.3 is 31.7 Å². The molecule has 2 unspecified atom stereocenters. The topological polar surface area (TPSA) is 149 Å². The molecule has 30 heavy (non-hydrogen) atoms. The Hall–Kier alpha value is -1.81. The van der Waals surface area contributed by atoms with Gasteiger partial charge in [-0.15, -0.1) is 0 Å². The number of carbonyl (C=O) groups excluding carboxylic acids is 2. The number of rotatable bonds is 11. The molecule has 0 aliphatic heterocycles. The van der Waals surface area contributed by atoms with Gasteiger partial charge in [0.15, 0.2) is 5.96 Å². The Labute approximate surface area is 180 Å². The van der Waals surface area contributed by atoms with Crippen LogP contribution < -0.4 is 21.7 Å². The average molecular weight is 425 g/mol. The second-order valence-corrected chi connectivity index (χ2v) is 8.77. The lowest BCUT2D eigenvalue weighted by atomic mass is 9.75. The quantitative estimate of drug-likeness (QED) is 0.120. The fourth-order valence-electron chi connectivity index (χ4n) is 3.90. The van der Waals surface area contributed by atoms with Gasteiger partial charge in [0.2, 0.25) is 11.8 Å². The molecule has 7 N–H and O–H groups in total. The van der Waals surface area contributed by atoms with Gasteiger partial charge in [-0.1, -0.05) is 33.6 Å². The van der Waals surface area contributed by atoms with Gasteiger partial charge in [0.25, 0.3) is 0 Å². The molecule has 1 fully saturated rings. The second kappa shape index (κ2) is 13.5. The van der Waals surface area contributed by atoms with Gasteiger partial charge in [-0.2, -0.15) is 0 Å². The summed E-state index contributed by atoms with van der Waals surface area (Å²) in [5.74, 6) is -0.600.